The number of aryl methyl sites for hydroxylation is 1. The number of allylic oxidation sites excluding steroid dienone is 2. The number of benzene rings is 1. The summed E-state index contributed by atoms with van der Waals surface area (Å²) in [6.07, 6.45) is 21.3. The maximum absolute atomic E-state index is 12.5. The molecule has 1 aromatic carbocycles. The average molecular weight is 449 g/mol. The van der Waals surface area contributed by atoms with Gasteiger partial charge in [0.05, 0.1) is 5.56 Å². The lowest BCUT2D eigenvalue weighted by atomic mass is 9.80. The van der Waals surface area contributed by atoms with E-state index < -0.39 is 0 Å². The minimum atomic E-state index is -0.179. The number of unbranched alkanes of at least 4 members (excludes halogenated alkanes) is 2. The van der Waals surface area contributed by atoms with E-state index in [4.69, 9.17) is 4.74 Å². The van der Waals surface area contributed by atoms with E-state index in [0.717, 1.165) is 43.9 Å². The van der Waals surface area contributed by atoms with Crippen LogP contribution < -0.4 is 0 Å². The molecule has 2 saturated carbocycles. The molecule has 0 aromatic heterocycles. The van der Waals surface area contributed by atoms with Gasteiger partial charge in [0.1, 0.15) is 6.10 Å². The van der Waals surface area contributed by atoms with Crippen molar-refractivity contribution in [3.05, 3.63) is 47.5 Å². The van der Waals surface area contributed by atoms with Crippen molar-refractivity contribution in [3.63, 3.8) is 0 Å². The summed E-state index contributed by atoms with van der Waals surface area (Å²) in [5, 5.41) is 0. The third kappa shape index (κ3) is 9.04. The van der Waals surface area contributed by atoms with Gasteiger partial charge in [-0.2, -0.15) is 0 Å². The molecule has 0 bridgehead atoms. The fourth-order valence-corrected chi connectivity index (χ4v) is 5.36. The van der Waals surface area contributed by atoms with E-state index in [0.29, 0.717) is 11.5 Å². The first kappa shape index (κ1) is 25.6. The minimum absolute atomic E-state index is 0.0358. The summed E-state index contributed by atoms with van der Waals surface area (Å²) < 4.78 is 5.79. The average Bonchev–Trinajstić information content (AvgIpc) is 2.84. The van der Waals surface area contributed by atoms with E-state index in [2.05, 4.69) is 50.0 Å². The number of ether oxygens (including phenoxy) is 1. The van der Waals surface area contributed by atoms with Gasteiger partial charge in [0, 0.05) is 5.92 Å². The highest BCUT2D eigenvalue weighted by Gasteiger charge is 2.23. The zero-order chi connectivity index (χ0) is 23.3. The Bertz CT molecular complexity index is 778. The summed E-state index contributed by atoms with van der Waals surface area (Å²) in [5.74, 6) is 8.70. The summed E-state index contributed by atoms with van der Waals surface area (Å²) in [6.45, 7) is 4.52. The monoisotopic (exact) mass is 448 g/mol. The second-order valence-electron chi connectivity index (χ2n) is 10.3. The zero-order valence-electron chi connectivity index (χ0n) is 21.0. The van der Waals surface area contributed by atoms with Crippen molar-refractivity contribution in [2.75, 3.05) is 0 Å². The van der Waals surface area contributed by atoms with Crippen LogP contribution in [0.3, 0.4) is 0 Å². The number of carbonyl (C=O) groups excluding carboxylic acids is 1. The first-order valence-electron chi connectivity index (χ1n) is 13.7. The van der Waals surface area contributed by atoms with Crippen molar-refractivity contribution in [1.29, 1.82) is 0 Å². The second kappa shape index (κ2) is 14.3. The van der Waals surface area contributed by atoms with Crippen LogP contribution in [-0.4, -0.2) is 12.1 Å². The van der Waals surface area contributed by atoms with E-state index >= 15 is 0 Å². The van der Waals surface area contributed by atoms with E-state index in [1.807, 2.05) is 12.1 Å². The van der Waals surface area contributed by atoms with Gasteiger partial charge in [-0.05, 0) is 99.8 Å². The van der Waals surface area contributed by atoms with E-state index in [9.17, 15) is 4.79 Å². The Morgan fingerprint density at radius 2 is 1.67 bits per heavy atom. The predicted molar refractivity (Wildman–Crippen MR) is 138 cm³/mol. The first-order valence-corrected chi connectivity index (χ1v) is 13.7. The maximum Gasteiger partial charge on any atom is 0.338 e. The zero-order valence-corrected chi connectivity index (χ0v) is 21.0. The summed E-state index contributed by atoms with van der Waals surface area (Å²) >= 11 is 0. The Morgan fingerprint density at radius 3 is 2.33 bits per heavy atom. The molecule has 180 valence electrons. The van der Waals surface area contributed by atoms with Gasteiger partial charge in [-0.25, -0.2) is 4.79 Å². The van der Waals surface area contributed by atoms with Crippen LogP contribution in [0.1, 0.15) is 113 Å². The van der Waals surface area contributed by atoms with E-state index in [-0.39, 0.29) is 12.1 Å². The Hall–Kier alpha value is -2.01. The molecule has 33 heavy (non-hydrogen) atoms. The van der Waals surface area contributed by atoms with E-state index in [1.54, 1.807) is 0 Å². The molecule has 3 rings (SSSR count). The van der Waals surface area contributed by atoms with Crippen molar-refractivity contribution in [1.82, 2.24) is 0 Å². The standard InChI is InChI=1S/C31H44O2/c1-3-5-6-10-27-17-21-29(22-18-27)31(32)33-30-23-19-28(20-24-30)12-8-7-11-26-15-13-25(9-4-2)14-16-26/h7,11,17-18,21-22,25-26,28,30H,3-6,9-10,13-16,19-20,23-24H2,1-2H3/b11-7+/t25-,26-,28-,30-. The summed E-state index contributed by atoms with van der Waals surface area (Å²) in [7, 11) is 0. The third-order valence-corrected chi connectivity index (χ3v) is 7.53. The number of hydrogen-bond acceptors (Lipinski definition) is 2. The molecule has 0 spiro atoms. The van der Waals surface area contributed by atoms with E-state index in [1.165, 1.54) is 63.4 Å². The van der Waals surface area contributed by atoms with Gasteiger partial charge in [-0.3, -0.25) is 0 Å². The van der Waals surface area contributed by atoms with Gasteiger partial charge >= 0.3 is 5.97 Å². The van der Waals surface area contributed by atoms with Crippen molar-refractivity contribution < 1.29 is 9.53 Å². The topological polar surface area (TPSA) is 26.3 Å². The Balaban J connectivity index is 1.34. The molecule has 2 aliphatic carbocycles. The van der Waals surface area contributed by atoms with Crippen LogP contribution in [0.4, 0.5) is 0 Å². The molecule has 0 radical (unpaired) electrons. The number of hydrogen-bond donors (Lipinski definition) is 0. The van der Waals surface area contributed by atoms with Crippen LogP contribution in [0.2, 0.25) is 0 Å². The van der Waals surface area contributed by atoms with Crippen molar-refractivity contribution in [3.8, 4) is 11.8 Å². The summed E-state index contributed by atoms with van der Waals surface area (Å²) in [6, 6.07) is 7.99. The van der Waals surface area contributed by atoms with Crippen LogP contribution >= 0.6 is 0 Å². The van der Waals surface area contributed by atoms with Gasteiger partial charge in [-0.15, -0.1) is 0 Å². The van der Waals surface area contributed by atoms with Gasteiger partial charge < -0.3 is 4.74 Å². The molecule has 2 fully saturated rings. The molecule has 2 heteroatoms. The quantitative estimate of drug-likeness (QED) is 0.216. The normalized spacial score (nSPS) is 25.4. The molecule has 0 saturated heterocycles. The molecule has 1 aromatic rings. The molecule has 2 aliphatic rings. The molecule has 0 heterocycles. The summed E-state index contributed by atoms with van der Waals surface area (Å²) in [4.78, 5) is 12.5. The number of carbonyl (C=O) groups is 1. The van der Waals surface area contributed by atoms with Gasteiger partial charge in [0.25, 0.3) is 0 Å². The van der Waals surface area contributed by atoms with Crippen LogP contribution in [-0.2, 0) is 11.2 Å². The molecule has 0 N–H and O–H groups in total. The highest BCUT2D eigenvalue weighted by molar-refractivity contribution is 5.89. The fraction of sp³-hybridized carbons (Fsp3) is 0.645. The van der Waals surface area contributed by atoms with Gasteiger partial charge in [-0.1, -0.05) is 69.6 Å². The Labute approximate surface area is 202 Å². The lowest BCUT2D eigenvalue weighted by Crippen LogP contribution is -2.24. The Morgan fingerprint density at radius 1 is 0.939 bits per heavy atom. The molecule has 0 atom stereocenters. The molecular weight excluding hydrogens is 404 g/mol. The molecule has 0 aliphatic heterocycles. The van der Waals surface area contributed by atoms with Crippen molar-refractivity contribution >= 4 is 5.97 Å². The second-order valence-corrected chi connectivity index (χ2v) is 10.3. The predicted octanol–water partition coefficient (Wildman–Crippen LogP) is 8.30. The van der Waals surface area contributed by atoms with Gasteiger partial charge in [0.15, 0.2) is 0 Å². The smallest absolute Gasteiger partial charge is 0.338 e. The third-order valence-electron chi connectivity index (χ3n) is 7.53. The van der Waals surface area contributed by atoms with Crippen LogP contribution in [0, 0.1) is 29.6 Å². The van der Waals surface area contributed by atoms with Crippen molar-refractivity contribution in [2.45, 2.75) is 110 Å². The minimum Gasteiger partial charge on any atom is -0.459 e. The maximum atomic E-state index is 12.5. The lowest BCUT2D eigenvalue weighted by molar-refractivity contribution is 0.0188. The summed E-state index contributed by atoms with van der Waals surface area (Å²) in [5.41, 5.74) is 1.97. The lowest BCUT2D eigenvalue weighted by Gasteiger charge is -2.26. The fourth-order valence-electron chi connectivity index (χ4n) is 5.36. The van der Waals surface area contributed by atoms with Crippen molar-refractivity contribution in [2.24, 2.45) is 17.8 Å². The Kier molecular flexibility index (Phi) is 11.1. The molecule has 0 unspecified atom stereocenters. The van der Waals surface area contributed by atoms with Crippen LogP contribution in [0.25, 0.3) is 0 Å². The first-order chi connectivity index (χ1) is 16.2. The number of rotatable bonds is 9. The van der Waals surface area contributed by atoms with Gasteiger partial charge in [0.2, 0.25) is 0 Å². The highest BCUT2D eigenvalue weighted by atomic mass is 16.5. The van der Waals surface area contributed by atoms with Crippen LogP contribution in [0.5, 0.6) is 0 Å². The number of esters is 1. The molecule has 0 amide bonds. The SMILES string of the molecule is CCCCCc1ccc(C(=O)O[C@H]2CC[C@H](C#C/C=C/[C@H]3CC[C@H](CCC)CC3)CC2)cc1. The largest absolute Gasteiger partial charge is 0.459 e. The molecular formula is C31H44O2. The highest BCUT2D eigenvalue weighted by Crippen LogP contribution is 2.32. The van der Waals surface area contributed by atoms with Crippen LogP contribution in [0.15, 0.2) is 36.4 Å². The molecule has 2 nitrogen and oxygen atoms in total.